The van der Waals surface area contributed by atoms with E-state index in [0.717, 1.165) is 29.8 Å². The smallest absolute Gasteiger partial charge is 0.230 e. The molecule has 5 heteroatoms. The molecule has 0 unspecified atom stereocenters. The van der Waals surface area contributed by atoms with Crippen LogP contribution in [-0.2, 0) is 4.79 Å². The van der Waals surface area contributed by atoms with Gasteiger partial charge in [-0.3, -0.25) is 4.79 Å². The van der Waals surface area contributed by atoms with Gasteiger partial charge in [-0.1, -0.05) is 68.3 Å². The maximum absolute atomic E-state index is 12.1. The average molecular weight is 358 g/mol. The second-order valence-electron chi connectivity index (χ2n) is 6.30. The Morgan fingerprint density at radius 1 is 1.20 bits per heavy atom. The van der Waals surface area contributed by atoms with Crippen molar-refractivity contribution in [2.45, 2.75) is 57.7 Å². The van der Waals surface area contributed by atoms with Crippen LogP contribution in [0.4, 0.5) is 0 Å². The van der Waals surface area contributed by atoms with Gasteiger partial charge in [-0.15, -0.1) is 0 Å². The Kier molecular flexibility index (Phi) is 7.92. The first-order valence-corrected chi connectivity index (χ1v) is 9.90. The van der Waals surface area contributed by atoms with E-state index in [-0.39, 0.29) is 11.9 Å². The third-order valence-electron chi connectivity index (χ3n) is 3.88. The fourth-order valence-corrected chi connectivity index (χ4v) is 3.30. The van der Waals surface area contributed by atoms with E-state index >= 15 is 0 Å². The Morgan fingerprint density at radius 3 is 2.68 bits per heavy atom. The number of thioether (sulfide) groups is 1. The Balaban J connectivity index is 1.90. The predicted molar refractivity (Wildman–Crippen MR) is 105 cm³/mol. The molecular weight excluding hydrogens is 330 g/mol. The van der Waals surface area contributed by atoms with Crippen LogP contribution in [0.15, 0.2) is 41.6 Å². The number of aryl methyl sites for hydroxylation is 1. The molecule has 1 amide bonds. The summed E-state index contributed by atoms with van der Waals surface area (Å²) >= 11 is 1.39. The summed E-state index contributed by atoms with van der Waals surface area (Å²) in [4.78, 5) is 21.1. The van der Waals surface area contributed by atoms with Gasteiger partial charge >= 0.3 is 0 Å². The third kappa shape index (κ3) is 6.86. The molecular formula is C20H27N3OS. The molecule has 1 aromatic carbocycles. The van der Waals surface area contributed by atoms with Crippen LogP contribution in [0.3, 0.4) is 0 Å². The summed E-state index contributed by atoms with van der Waals surface area (Å²) in [5.74, 6) is 0.385. The molecule has 1 aromatic heterocycles. The quantitative estimate of drug-likeness (QED) is 0.404. The van der Waals surface area contributed by atoms with Gasteiger partial charge in [0, 0.05) is 17.3 Å². The molecule has 0 saturated heterocycles. The summed E-state index contributed by atoms with van der Waals surface area (Å²) in [5.41, 5.74) is 2.86. The van der Waals surface area contributed by atoms with E-state index < -0.39 is 0 Å². The van der Waals surface area contributed by atoms with Gasteiger partial charge in [-0.25, -0.2) is 9.97 Å². The van der Waals surface area contributed by atoms with Gasteiger partial charge in [0.15, 0.2) is 5.16 Å². The minimum absolute atomic E-state index is 0.0420. The van der Waals surface area contributed by atoms with Crippen molar-refractivity contribution in [1.82, 2.24) is 15.3 Å². The van der Waals surface area contributed by atoms with Crippen LogP contribution >= 0.6 is 11.8 Å². The van der Waals surface area contributed by atoms with Crippen LogP contribution in [0.1, 0.15) is 45.2 Å². The van der Waals surface area contributed by atoms with Crippen LogP contribution in [0.25, 0.3) is 11.3 Å². The van der Waals surface area contributed by atoms with Gasteiger partial charge in [-0.2, -0.15) is 0 Å². The summed E-state index contributed by atoms with van der Waals surface area (Å²) in [5, 5.41) is 3.70. The minimum Gasteiger partial charge on any atom is -0.353 e. The molecule has 2 rings (SSSR count). The van der Waals surface area contributed by atoms with Gasteiger partial charge in [-0.05, 0) is 26.3 Å². The van der Waals surface area contributed by atoms with Crippen molar-refractivity contribution in [1.29, 1.82) is 0 Å². The first kappa shape index (κ1) is 19.4. The van der Waals surface area contributed by atoms with E-state index in [0.29, 0.717) is 10.9 Å². The lowest BCUT2D eigenvalue weighted by atomic mass is 10.1. The number of amides is 1. The molecule has 0 aliphatic rings. The fourth-order valence-electron chi connectivity index (χ4n) is 2.58. The van der Waals surface area contributed by atoms with Gasteiger partial charge < -0.3 is 5.32 Å². The molecule has 0 saturated carbocycles. The van der Waals surface area contributed by atoms with Crippen molar-refractivity contribution in [2.75, 3.05) is 5.75 Å². The van der Waals surface area contributed by atoms with E-state index in [1.165, 1.54) is 24.6 Å². The Bertz CT molecular complexity index is 676. The lowest BCUT2D eigenvalue weighted by Crippen LogP contribution is -2.33. The number of hydrogen-bond donors (Lipinski definition) is 1. The highest BCUT2D eigenvalue weighted by atomic mass is 32.2. The lowest BCUT2D eigenvalue weighted by Gasteiger charge is -2.13. The Labute approximate surface area is 154 Å². The first-order valence-electron chi connectivity index (χ1n) is 8.91. The molecule has 25 heavy (non-hydrogen) atoms. The SMILES string of the molecule is CCCCC[C@@H](C)NC(=O)CSc1nc(C)cc(-c2ccccc2)n1. The standard InChI is InChI=1S/C20H27N3OS/c1-4-5-7-10-15(2)21-19(24)14-25-20-22-16(3)13-18(23-20)17-11-8-6-9-12-17/h6,8-9,11-13,15H,4-5,7,10,14H2,1-3H3,(H,21,24)/t15-/m1/s1. The number of unbranched alkanes of at least 4 members (excludes halogenated alkanes) is 2. The number of nitrogens with zero attached hydrogens (tertiary/aromatic N) is 2. The van der Waals surface area contributed by atoms with Crippen molar-refractivity contribution < 1.29 is 4.79 Å². The average Bonchev–Trinajstić information content (AvgIpc) is 2.60. The van der Waals surface area contributed by atoms with E-state index in [9.17, 15) is 4.79 Å². The van der Waals surface area contributed by atoms with Crippen LogP contribution in [0.5, 0.6) is 0 Å². The van der Waals surface area contributed by atoms with Gasteiger partial charge in [0.2, 0.25) is 5.91 Å². The van der Waals surface area contributed by atoms with Crippen molar-refractivity contribution >= 4 is 17.7 Å². The molecule has 134 valence electrons. The highest BCUT2D eigenvalue weighted by Gasteiger charge is 2.10. The molecule has 0 fully saturated rings. The monoisotopic (exact) mass is 357 g/mol. The topological polar surface area (TPSA) is 54.9 Å². The first-order chi connectivity index (χ1) is 12.1. The van der Waals surface area contributed by atoms with Crippen molar-refractivity contribution in [3.05, 3.63) is 42.1 Å². The number of benzene rings is 1. The van der Waals surface area contributed by atoms with Gasteiger partial charge in [0.1, 0.15) is 0 Å². The molecule has 0 spiro atoms. The predicted octanol–water partition coefficient (Wildman–Crippen LogP) is 4.63. The molecule has 1 heterocycles. The number of carbonyl (C=O) groups is 1. The summed E-state index contributed by atoms with van der Waals surface area (Å²) < 4.78 is 0. The fraction of sp³-hybridized carbons (Fsp3) is 0.450. The number of nitrogens with one attached hydrogen (secondary N) is 1. The van der Waals surface area contributed by atoms with Crippen LogP contribution in [-0.4, -0.2) is 27.7 Å². The van der Waals surface area contributed by atoms with E-state index in [1.807, 2.05) is 43.3 Å². The second-order valence-corrected chi connectivity index (χ2v) is 7.24. The third-order valence-corrected chi connectivity index (χ3v) is 4.73. The summed E-state index contributed by atoms with van der Waals surface area (Å²) in [6.07, 6.45) is 4.61. The molecule has 4 nitrogen and oxygen atoms in total. The largest absolute Gasteiger partial charge is 0.353 e. The zero-order chi connectivity index (χ0) is 18.1. The molecule has 0 aliphatic heterocycles. The molecule has 0 aliphatic carbocycles. The van der Waals surface area contributed by atoms with Gasteiger partial charge in [0.05, 0.1) is 11.4 Å². The summed E-state index contributed by atoms with van der Waals surface area (Å²) in [6, 6.07) is 12.2. The normalized spacial score (nSPS) is 12.0. The maximum atomic E-state index is 12.1. The molecule has 1 N–H and O–H groups in total. The number of aromatic nitrogens is 2. The zero-order valence-electron chi connectivity index (χ0n) is 15.3. The summed E-state index contributed by atoms with van der Waals surface area (Å²) in [6.45, 7) is 6.20. The van der Waals surface area contributed by atoms with Crippen molar-refractivity contribution in [3.63, 3.8) is 0 Å². The van der Waals surface area contributed by atoms with E-state index in [2.05, 4.69) is 29.1 Å². The lowest BCUT2D eigenvalue weighted by molar-refractivity contribution is -0.119. The second kappa shape index (κ2) is 10.2. The molecule has 2 aromatic rings. The highest BCUT2D eigenvalue weighted by Crippen LogP contribution is 2.21. The number of rotatable bonds is 9. The number of hydrogen-bond acceptors (Lipinski definition) is 4. The van der Waals surface area contributed by atoms with E-state index in [4.69, 9.17) is 0 Å². The molecule has 0 radical (unpaired) electrons. The molecule has 0 bridgehead atoms. The van der Waals surface area contributed by atoms with Crippen LogP contribution < -0.4 is 5.32 Å². The Hall–Kier alpha value is -1.88. The van der Waals surface area contributed by atoms with Crippen LogP contribution in [0, 0.1) is 6.92 Å². The minimum atomic E-state index is 0.0420. The maximum Gasteiger partial charge on any atom is 0.230 e. The Morgan fingerprint density at radius 2 is 1.96 bits per heavy atom. The highest BCUT2D eigenvalue weighted by molar-refractivity contribution is 7.99. The van der Waals surface area contributed by atoms with Crippen molar-refractivity contribution in [3.8, 4) is 11.3 Å². The number of carbonyl (C=O) groups excluding carboxylic acids is 1. The van der Waals surface area contributed by atoms with E-state index in [1.54, 1.807) is 0 Å². The van der Waals surface area contributed by atoms with Crippen molar-refractivity contribution in [2.24, 2.45) is 0 Å². The van der Waals surface area contributed by atoms with Crippen LogP contribution in [0.2, 0.25) is 0 Å². The summed E-state index contributed by atoms with van der Waals surface area (Å²) in [7, 11) is 0. The molecule has 1 atom stereocenters. The zero-order valence-corrected chi connectivity index (χ0v) is 16.1. The van der Waals surface area contributed by atoms with Gasteiger partial charge in [0.25, 0.3) is 0 Å².